The number of rotatable bonds is 10. The van der Waals surface area contributed by atoms with Crippen molar-refractivity contribution in [1.29, 1.82) is 0 Å². The van der Waals surface area contributed by atoms with Gasteiger partial charge in [0.15, 0.2) is 34.9 Å². The minimum Gasteiger partial charge on any atom is -0.456 e. The Morgan fingerprint density at radius 2 is 0.447 bits per heavy atom. The highest BCUT2D eigenvalue weighted by Crippen LogP contribution is 2.66. The molecule has 2 spiro atoms. The van der Waals surface area contributed by atoms with E-state index in [1.807, 2.05) is 36.4 Å². The second-order valence-electron chi connectivity index (χ2n) is 29.7. The molecular formula is C106H64N6O2. The van der Waals surface area contributed by atoms with Crippen molar-refractivity contribution < 1.29 is 9.47 Å². The number of nitrogens with zero attached hydrogens (tertiary/aromatic N) is 6. The highest BCUT2D eigenvalue weighted by molar-refractivity contribution is 6.06. The lowest BCUT2D eigenvalue weighted by Crippen LogP contribution is -2.32. The molecule has 19 aromatic rings. The highest BCUT2D eigenvalue weighted by Gasteiger charge is 2.53. The van der Waals surface area contributed by atoms with Crippen LogP contribution in [0.4, 0.5) is 0 Å². The lowest BCUT2D eigenvalue weighted by atomic mass is 9.65. The summed E-state index contributed by atoms with van der Waals surface area (Å²) in [6.45, 7) is 0. The SMILES string of the molecule is c1ccc(-c2nc(-c3cccc(-c4cccc5c4Oc4ccccc4C54c5ccccc5-c5cc(-c6cccc7c(-c8nc(-c9ccccc9)nc(-c9cccc(-c%10cccc%11c%10Oc%10ccccc%10C%11%10c%11ccccc%11-c%11ccccc%11%10)c9)n8)cccc67)ccc54)c3)nc(-c3ccc(-c4ccccc4)c4ccccc34)n2)cc1. The van der Waals surface area contributed by atoms with Gasteiger partial charge in [-0.1, -0.05) is 352 Å². The Kier molecular flexibility index (Phi) is 14.6. The van der Waals surface area contributed by atoms with Crippen LogP contribution in [-0.2, 0) is 10.8 Å². The van der Waals surface area contributed by atoms with E-state index in [1.165, 1.54) is 38.9 Å². The van der Waals surface area contributed by atoms with Crippen LogP contribution in [0, 0.1) is 0 Å². The molecular weight excluding hydrogens is 1390 g/mol. The molecule has 0 saturated carbocycles. The van der Waals surface area contributed by atoms with E-state index in [4.69, 9.17) is 39.4 Å². The van der Waals surface area contributed by atoms with Gasteiger partial charge in [0.2, 0.25) is 0 Å². The largest absolute Gasteiger partial charge is 0.456 e. The fourth-order valence-corrected chi connectivity index (χ4v) is 18.9. The van der Waals surface area contributed by atoms with Crippen molar-refractivity contribution in [1.82, 2.24) is 29.9 Å². The first kappa shape index (κ1) is 64.8. The summed E-state index contributed by atoms with van der Waals surface area (Å²) in [5.74, 6) is 6.74. The van der Waals surface area contributed by atoms with Crippen molar-refractivity contribution in [2.75, 3.05) is 0 Å². The van der Waals surface area contributed by atoms with Crippen LogP contribution in [0.5, 0.6) is 23.0 Å². The Morgan fingerprint density at radius 3 is 0.947 bits per heavy atom. The van der Waals surface area contributed by atoms with Crippen LogP contribution in [-0.4, -0.2) is 29.9 Å². The Morgan fingerprint density at radius 1 is 0.158 bits per heavy atom. The fraction of sp³-hybridized carbons (Fsp3) is 0.0189. The molecule has 0 amide bonds. The number of hydrogen-bond donors (Lipinski definition) is 0. The number of aromatic nitrogens is 6. The van der Waals surface area contributed by atoms with Crippen molar-refractivity contribution in [2.24, 2.45) is 0 Å². The van der Waals surface area contributed by atoms with E-state index in [-0.39, 0.29) is 0 Å². The zero-order valence-corrected chi connectivity index (χ0v) is 61.5. The summed E-state index contributed by atoms with van der Waals surface area (Å²) in [6, 6.07) is 138. The third-order valence-corrected chi connectivity index (χ3v) is 23.8. The second kappa shape index (κ2) is 25.8. The van der Waals surface area contributed by atoms with Crippen LogP contribution in [0.2, 0.25) is 0 Å². The van der Waals surface area contributed by atoms with Gasteiger partial charge in [0, 0.05) is 66.8 Å². The molecule has 0 saturated heterocycles. The number of ether oxygens (including phenoxy) is 2. The van der Waals surface area contributed by atoms with E-state index in [9.17, 15) is 0 Å². The Balaban J connectivity index is 0.627. The van der Waals surface area contributed by atoms with Gasteiger partial charge in [-0.2, -0.15) is 0 Å². The Hall–Kier alpha value is -15.1. The molecule has 4 aliphatic rings. The van der Waals surface area contributed by atoms with Crippen LogP contribution < -0.4 is 9.47 Å². The van der Waals surface area contributed by atoms with Crippen LogP contribution in [0.3, 0.4) is 0 Å². The second-order valence-corrected chi connectivity index (χ2v) is 29.7. The summed E-state index contributed by atoms with van der Waals surface area (Å²) in [5, 5.41) is 4.28. The number of hydrogen-bond acceptors (Lipinski definition) is 8. The third-order valence-electron chi connectivity index (χ3n) is 23.8. The number of para-hydroxylation sites is 4. The standard InChI is InChI=1S/C106H64N6O2/c1-4-28-65(29-5-1)74-59-60-85(79-39-11-10-38-77(74)79)104-110-100(67-32-8-3-9-33-67)108-102(112-104)72-37-23-35-69(63-72)76-45-27-55-94-98(76)114-96-57-21-19-53-92(96)106(94)89-51-17-14-42-83(89)86-64-70(58-61-90(86)106)73-43-24-47-80-78(73)46-25-48-84(80)103-109-99(66-30-6-2-7-31-66)107-101(111-103)71-36-22-34-68(62-71)75-44-26-54-93-97(75)113-95-56-20-18-52-91(95)105(93)87-49-15-12-40-81(87)82-41-13-16-50-88(82)105/h1-64H. The van der Waals surface area contributed by atoms with Crippen molar-refractivity contribution >= 4 is 21.5 Å². The molecule has 2 aromatic heterocycles. The number of fused-ring (bicyclic) bond motifs is 20. The molecule has 1 unspecified atom stereocenters. The summed E-state index contributed by atoms with van der Waals surface area (Å²) in [4.78, 5) is 32.1. The van der Waals surface area contributed by atoms with Gasteiger partial charge in [0.05, 0.1) is 10.8 Å². The summed E-state index contributed by atoms with van der Waals surface area (Å²) in [6.07, 6.45) is 0. The molecule has 0 radical (unpaired) electrons. The molecule has 8 nitrogen and oxygen atoms in total. The van der Waals surface area contributed by atoms with Crippen molar-refractivity contribution in [3.8, 4) is 158 Å². The smallest absolute Gasteiger partial charge is 0.164 e. The summed E-state index contributed by atoms with van der Waals surface area (Å²) in [5.41, 5.74) is 26.4. The first-order valence-electron chi connectivity index (χ1n) is 38.7. The van der Waals surface area contributed by atoms with Crippen molar-refractivity contribution in [2.45, 2.75) is 10.8 Å². The summed E-state index contributed by atoms with van der Waals surface area (Å²) in [7, 11) is 0. The molecule has 114 heavy (non-hydrogen) atoms. The van der Waals surface area contributed by atoms with Crippen LogP contribution in [0.15, 0.2) is 388 Å². The zero-order chi connectivity index (χ0) is 75.0. The molecule has 0 bridgehead atoms. The normalized spacial score (nSPS) is 14.0. The Labute approximate surface area is 658 Å². The van der Waals surface area contributed by atoms with Crippen LogP contribution in [0.1, 0.15) is 44.5 Å². The molecule has 8 heteroatoms. The monoisotopic (exact) mass is 1450 g/mol. The molecule has 0 fully saturated rings. The van der Waals surface area contributed by atoms with E-state index in [0.29, 0.717) is 34.9 Å². The van der Waals surface area contributed by atoms with Gasteiger partial charge in [-0.05, 0) is 136 Å². The van der Waals surface area contributed by atoms with E-state index in [1.54, 1.807) is 0 Å². The molecule has 2 aliphatic carbocycles. The molecule has 530 valence electrons. The van der Waals surface area contributed by atoms with Crippen molar-refractivity contribution in [3.05, 3.63) is 433 Å². The van der Waals surface area contributed by atoms with Gasteiger partial charge in [-0.15, -0.1) is 0 Å². The molecule has 0 N–H and O–H groups in total. The maximum Gasteiger partial charge on any atom is 0.164 e. The van der Waals surface area contributed by atoms with Gasteiger partial charge in [0.1, 0.15) is 23.0 Å². The van der Waals surface area contributed by atoms with Crippen LogP contribution >= 0.6 is 0 Å². The first-order chi connectivity index (χ1) is 56.5. The number of benzene rings is 17. The maximum absolute atomic E-state index is 7.34. The van der Waals surface area contributed by atoms with Gasteiger partial charge in [0.25, 0.3) is 0 Å². The Bertz CT molecular complexity index is 7160. The fourth-order valence-electron chi connectivity index (χ4n) is 18.9. The van der Waals surface area contributed by atoms with Gasteiger partial charge in [-0.3, -0.25) is 0 Å². The maximum atomic E-state index is 7.34. The van der Waals surface area contributed by atoms with Gasteiger partial charge < -0.3 is 9.47 Å². The minimum absolute atomic E-state index is 0.560. The van der Waals surface area contributed by atoms with E-state index in [0.717, 1.165) is 150 Å². The highest BCUT2D eigenvalue weighted by atomic mass is 16.5. The van der Waals surface area contributed by atoms with E-state index < -0.39 is 10.8 Å². The molecule has 17 aromatic carbocycles. The van der Waals surface area contributed by atoms with Gasteiger partial charge >= 0.3 is 0 Å². The summed E-state index contributed by atoms with van der Waals surface area (Å²) < 4.78 is 14.5. The molecule has 23 rings (SSSR count). The molecule has 2 aliphatic heterocycles. The zero-order valence-electron chi connectivity index (χ0n) is 61.5. The predicted octanol–water partition coefficient (Wildman–Crippen LogP) is 26.0. The van der Waals surface area contributed by atoms with Crippen LogP contribution in [0.25, 0.3) is 157 Å². The van der Waals surface area contributed by atoms with Crippen molar-refractivity contribution in [3.63, 3.8) is 0 Å². The van der Waals surface area contributed by atoms with E-state index in [2.05, 4.69) is 352 Å². The first-order valence-corrected chi connectivity index (χ1v) is 38.7. The lowest BCUT2D eigenvalue weighted by Gasteiger charge is -2.40. The molecule has 4 heterocycles. The quantitative estimate of drug-likeness (QED) is 0.134. The minimum atomic E-state index is -0.758. The average molecular weight is 1450 g/mol. The lowest BCUT2D eigenvalue weighted by molar-refractivity contribution is 0.438. The summed E-state index contributed by atoms with van der Waals surface area (Å²) >= 11 is 0. The average Bonchev–Trinajstić information content (AvgIpc) is 1.38. The van der Waals surface area contributed by atoms with E-state index >= 15 is 0 Å². The predicted molar refractivity (Wildman–Crippen MR) is 457 cm³/mol. The topological polar surface area (TPSA) is 95.8 Å². The molecule has 1 atom stereocenters. The van der Waals surface area contributed by atoms with Gasteiger partial charge in [-0.25, -0.2) is 29.9 Å². The third kappa shape index (κ3) is 9.84.